The summed E-state index contributed by atoms with van der Waals surface area (Å²) in [7, 11) is 0. The zero-order valence-corrected chi connectivity index (χ0v) is 20.8. The van der Waals surface area contributed by atoms with Crippen LogP contribution < -0.4 is 4.90 Å². The summed E-state index contributed by atoms with van der Waals surface area (Å²) in [6.07, 6.45) is 0. The molecule has 0 spiro atoms. The predicted molar refractivity (Wildman–Crippen MR) is 144 cm³/mol. The van der Waals surface area contributed by atoms with Crippen LogP contribution in [0.25, 0.3) is 0 Å². The van der Waals surface area contributed by atoms with Crippen LogP contribution >= 0.6 is 0 Å². The molecule has 39 heavy (non-hydrogen) atoms. The zero-order chi connectivity index (χ0) is 26.7. The van der Waals surface area contributed by atoms with E-state index in [1.807, 2.05) is 24.3 Å². The molecule has 0 saturated carbocycles. The van der Waals surface area contributed by atoms with Crippen molar-refractivity contribution in [3.05, 3.63) is 137 Å². The van der Waals surface area contributed by atoms with Crippen molar-refractivity contribution in [1.29, 1.82) is 0 Å². The van der Waals surface area contributed by atoms with Gasteiger partial charge in [0.25, 0.3) is 0 Å². The third-order valence-corrected chi connectivity index (χ3v) is 8.24. The first-order valence-electron chi connectivity index (χ1n) is 13.0. The number of ether oxygens (including phenoxy) is 1. The molecule has 1 heterocycles. The predicted octanol–water partition coefficient (Wildman–Crippen LogP) is 5.12. The van der Waals surface area contributed by atoms with E-state index in [9.17, 15) is 19.2 Å². The molecule has 3 aliphatic carbocycles. The van der Waals surface area contributed by atoms with Gasteiger partial charge >= 0.3 is 5.97 Å². The van der Waals surface area contributed by atoms with E-state index < -0.39 is 17.8 Å². The van der Waals surface area contributed by atoms with Crippen molar-refractivity contribution in [2.24, 2.45) is 11.8 Å². The first-order chi connectivity index (χ1) is 19.0. The number of nitrogens with zero attached hydrogens (tertiary/aromatic N) is 1. The van der Waals surface area contributed by atoms with Crippen LogP contribution in [0.2, 0.25) is 0 Å². The number of imide groups is 1. The largest absolute Gasteiger partial charge is 0.454 e. The normalized spacial score (nSPS) is 22.2. The van der Waals surface area contributed by atoms with E-state index in [0.29, 0.717) is 11.3 Å². The summed E-state index contributed by atoms with van der Waals surface area (Å²) in [6.45, 7) is -0.374. The van der Waals surface area contributed by atoms with Crippen molar-refractivity contribution in [2.75, 3.05) is 11.5 Å². The SMILES string of the molecule is O=C(COC(=O)c1ccc(N2C(=O)[C@H]3C4c5ccccc5C(c5ccccc54)[C@@H]3C2=O)cc1)c1ccccc1. The molecule has 1 aliphatic heterocycles. The second kappa shape index (κ2) is 8.88. The van der Waals surface area contributed by atoms with Gasteiger partial charge in [-0.15, -0.1) is 0 Å². The molecule has 2 bridgehead atoms. The number of carbonyl (C=O) groups excluding carboxylic acids is 4. The van der Waals surface area contributed by atoms with Crippen LogP contribution in [0.15, 0.2) is 103 Å². The number of rotatable bonds is 5. The van der Waals surface area contributed by atoms with Crippen LogP contribution in [0.1, 0.15) is 54.8 Å². The smallest absolute Gasteiger partial charge is 0.338 e. The van der Waals surface area contributed by atoms with Crippen LogP contribution in [0, 0.1) is 11.8 Å². The highest BCUT2D eigenvalue weighted by atomic mass is 16.5. The molecule has 0 N–H and O–H groups in total. The minimum absolute atomic E-state index is 0.176. The van der Waals surface area contributed by atoms with E-state index in [1.54, 1.807) is 42.5 Å². The molecular formula is C33H23NO5. The van der Waals surface area contributed by atoms with Gasteiger partial charge in [-0.3, -0.25) is 14.4 Å². The quantitative estimate of drug-likeness (QED) is 0.210. The van der Waals surface area contributed by atoms with Gasteiger partial charge in [0, 0.05) is 17.4 Å². The van der Waals surface area contributed by atoms with Gasteiger partial charge in [-0.2, -0.15) is 0 Å². The van der Waals surface area contributed by atoms with E-state index in [-0.39, 0.29) is 41.6 Å². The molecule has 2 amide bonds. The van der Waals surface area contributed by atoms with Crippen molar-refractivity contribution in [3.8, 4) is 0 Å². The Kier molecular flexibility index (Phi) is 5.30. The van der Waals surface area contributed by atoms with Crippen molar-refractivity contribution < 1.29 is 23.9 Å². The van der Waals surface area contributed by atoms with Gasteiger partial charge in [-0.1, -0.05) is 78.9 Å². The van der Waals surface area contributed by atoms with Gasteiger partial charge in [-0.05, 0) is 46.5 Å². The molecule has 1 saturated heterocycles. The van der Waals surface area contributed by atoms with E-state index in [2.05, 4.69) is 24.3 Å². The van der Waals surface area contributed by atoms with Crippen molar-refractivity contribution in [3.63, 3.8) is 0 Å². The van der Waals surface area contributed by atoms with Gasteiger partial charge in [0.1, 0.15) is 0 Å². The Morgan fingerprint density at radius 2 is 1.05 bits per heavy atom. The van der Waals surface area contributed by atoms with E-state index in [4.69, 9.17) is 4.74 Å². The molecule has 0 aromatic heterocycles. The Bertz CT molecular complexity index is 1540. The molecule has 1 fully saturated rings. The van der Waals surface area contributed by atoms with Gasteiger partial charge in [0.05, 0.1) is 23.1 Å². The second-order valence-electron chi connectivity index (χ2n) is 10.2. The van der Waals surface area contributed by atoms with Crippen molar-refractivity contribution >= 4 is 29.3 Å². The number of hydrogen-bond acceptors (Lipinski definition) is 5. The van der Waals surface area contributed by atoms with E-state index in [0.717, 1.165) is 22.3 Å². The standard InChI is InChI=1S/C33H23NO5/c35-26(19-8-2-1-3-9-19)18-39-33(38)20-14-16-21(17-15-20)34-31(36)29-27-22-10-4-5-11-23(22)28(30(29)32(34)37)25-13-7-6-12-24(25)27/h1-17,27-30H,18H2/t27?,28?,29-,30-/m0/s1. The topological polar surface area (TPSA) is 80.8 Å². The number of hydrogen-bond donors (Lipinski definition) is 0. The van der Waals surface area contributed by atoms with Gasteiger partial charge < -0.3 is 4.74 Å². The highest BCUT2D eigenvalue weighted by Gasteiger charge is 2.61. The molecule has 2 atom stereocenters. The van der Waals surface area contributed by atoms with Gasteiger partial charge in [0.2, 0.25) is 11.8 Å². The minimum atomic E-state index is -0.650. The lowest BCUT2D eigenvalue weighted by Gasteiger charge is -2.45. The number of carbonyl (C=O) groups is 4. The molecular weight excluding hydrogens is 490 g/mol. The molecule has 6 heteroatoms. The summed E-state index contributed by atoms with van der Waals surface area (Å²) >= 11 is 0. The second-order valence-corrected chi connectivity index (χ2v) is 10.2. The van der Waals surface area contributed by atoms with Crippen molar-refractivity contribution in [1.82, 2.24) is 0 Å². The number of Topliss-reactive ketones (excluding diaryl/α,β-unsaturated/α-hetero) is 1. The van der Waals surface area contributed by atoms with E-state index in [1.165, 1.54) is 17.0 Å². The number of esters is 1. The maximum absolute atomic E-state index is 13.9. The van der Waals surface area contributed by atoms with Gasteiger partial charge in [0.15, 0.2) is 12.4 Å². The fraction of sp³-hybridized carbons (Fsp3) is 0.152. The number of benzene rings is 4. The lowest BCUT2D eigenvalue weighted by atomic mass is 9.55. The highest BCUT2D eigenvalue weighted by Crippen LogP contribution is 2.61. The minimum Gasteiger partial charge on any atom is -0.454 e. The first kappa shape index (κ1) is 23.3. The van der Waals surface area contributed by atoms with Crippen LogP contribution in [0.4, 0.5) is 5.69 Å². The molecule has 0 radical (unpaired) electrons. The van der Waals surface area contributed by atoms with Crippen LogP contribution in [-0.2, 0) is 14.3 Å². The third-order valence-electron chi connectivity index (χ3n) is 8.24. The lowest BCUT2D eigenvalue weighted by Crippen LogP contribution is -2.41. The van der Waals surface area contributed by atoms with E-state index >= 15 is 0 Å². The summed E-state index contributed by atoms with van der Waals surface area (Å²) < 4.78 is 5.20. The molecule has 6 nitrogen and oxygen atoms in total. The van der Waals surface area contributed by atoms with Crippen LogP contribution in [-0.4, -0.2) is 30.2 Å². The van der Waals surface area contributed by atoms with Crippen LogP contribution in [0.5, 0.6) is 0 Å². The third kappa shape index (κ3) is 3.48. The molecule has 0 unspecified atom stereocenters. The molecule has 4 aromatic carbocycles. The highest BCUT2D eigenvalue weighted by molar-refractivity contribution is 6.23. The average Bonchev–Trinajstić information content (AvgIpc) is 3.26. The first-order valence-corrected chi connectivity index (χ1v) is 13.0. The fourth-order valence-corrected chi connectivity index (χ4v) is 6.60. The number of ketones is 1. The number of anilines is 1. The average molecular weight is 514 g/mol. The Balaban J connectivity index is 1.15. The lowest BCUT2D eigenvalue weighted by molar-refractivity contribution is -0.122. The maximum atomic E-state index is 13.9. The van der Waals surface area contributed by atoms with Crippen molar-refractivity contribution in [2.45, 2.75) is 11.8 Å². The van der Waals surface area contributed by atoms with Gasteiger partial charge in [-0.25, -0.2) is 9.69 Å². The van der Waals surface area contributed by atoms with Crippen LogP contribution in [0.3, 0.4) is 0 Å². The Hall–Kier alpha value is -4.84. The Labute approximate surface area is 224 Å². The Morgan fingerprint density at radius 3 is 1.54 bits per heavy atom. The fourth-order valence-electron chi connectivity index (χ4n) is 6.60. The molecule has 8 rings (SSSR count). The summed E-state index contributed by atoms with van der Waals surface area (Å²) in [5, 5.41) is 0. The Morgan fingerprint density at radius 1 is 0.590 bits per heavy atom. The summed E-state index contributed by atoms with van der Waals surface area (Å²) in [5.74, 6) is -2.67. The molecule has 190 valence electrons. The maximum Gasteiger partial charge on any atom is 0.338 e. The molecule has 4 aliphatic rings. The monoisotopic (exact) mass is 513 g/mol. The zero-order valence-electron chi connectivity index (χ0n) is 20.8. The summed E-state index contributed by atoms with van der Waals surface area (Å²) in [6, 6.07) is 31.1. The number of amides is 2. The summed E-state index contributed by atoms with van der Waals surface area (Å²) in [4.78, 5) is 53.9. The molecule has 4 aromatic rings. The summed E-state index contributed by atoms with van der Waals surface area (Å²) in [5.41, 5.74) is 5.59.